The van der Waals surface area contributed by atoms with Crippen LogP contribution in [-0.2, 0) is 0 Å². The van der Waals surface area contributed by atoms with Gasteiger partial charge < -0.3 is 5.32 Å². The van der Waals surface area contributed by atoms with Crippen LogP contribution in [0.25, 0.3) is 0 Å². The summed E-state index contributed by atoms with van der Waals surface area (Å²) in [6.45, 7) is 9.68. The lowest BCUT2D eigenvalue weighted by atomic mass is 9.82. The van der Waals surface area contributed by atoms with Crippen LogP contribution in [-0.4, -0.2) is 30.1 Å². The van der Waals surface area contributed by atoms with Crippen molar-refractivity contribution in [3.8, 4) is 0 Å². The number of nitrogens with zero attached hydrogens (tertiary/aromatic N) is 1. The Balaban J connectivity index is 2.37. The van der Waals surface area contributed by atoms with Gasteiger partial charge in [-0.3, -0.25) is 4.90 Å². The molecule has 3 heteroatoms. The average Bonchev–Trinajstić information content (AvgIpc) is 3.00. The highest BCUT2D eigenvalue weighted by atomic mass is 19.1. The summed E-state index contributed by atoms with van der Waals surface area (Å²) in [5.74, 6) is -0.0997. The van der Waals surface area contributed by atoms with Crippen LogP contribution in [0.1, 0.15) is 51.6 Å². The molecule has 1 fully saturated rings. The molecule has 0 aliphatic carbocycles. The summed E-state index contributed by atoms with van der Waals surface area (Å²) in [5.41, 5.74) is 0.764. The quantitative estimate of drug-likeness (QED) is 0.852. The van der Waals surface area contributed by atoms with Crippen LogP contribution in [0.15, 0.2) is 24.3 Å². The van der Waals surface area contributed by atoms with Gasteiger partial charge in [-0.2, -0.15) is 0 Å². The Morgan fingerprint density at radius 1 is 1.25 bits per heavy atom. The molecule has 1 N–H and O–H groups in total. The Kier molecular flexibility index (Phi) is 5.17. The third-order valence-corrected chi connectivity index (χ3v) is 4.79. The first kappa shape index (κ1) is 15.5. The van der Waals surface area contributed by atoms with Crippen LogP contribution >= 0.6 is 0 Å². The minimum Gasteiger partial charge on any atom is -0.309 e. The van der Waals surface area contributed by atoms with E-state index >= 15 is 0 Å². The van der Waals surface area contributed by atoms with E-state index in [0.29, 0.717) is 0 Å². The van der Waals surface area contributed by atoms with Crippen molar-refractivity contribution in [1.82, 2.24) is 10.2 Å². The molecule has 2 nitrogen and oxygen atoms in total. The summed E-state index contributed by atoms with van der Waals surface area (Å²) in [7, 11) is 0. The van der Waals surface area contributed by atoms with E-state index in [4.69, 9.17) is 0 Å². The highest BCUT2D eigenvalue weighted by molar-refractivity contribution is 5.25. The van der Waals surface area contributed by atoms with Gasteiger partial charge in [0.1, 0.15) is 5.82 Å². The van der Waals surface area contributed by atoms with E-state index in [2.05, 4.69) is 31.0 Å². The Bertz CT molecular complexity index is 429. The topological polar surface area (TPSA) is 15.3 Å². The summed E-state index contributed by atoms with van der Waals surface area (Å²) in [4.78, 5) is 2.53. The molecule has 0 radical (unpaired) electrons. The van der Waals surface area contributed by atoms with Crippen molar-refractivity contribution in [2.24, 2.45) is 0 Å². The number of nitrogens with one attached hydrogen (secondary N) is 1. The number of hydrogen-bond donors (Lipinski definition) is 1. The Morgan fingerprint density at radius 3 is 2.45 bits per heavy atom. The zero-order valence-electron chi connectivity index (χ0n) is 13.0. The highest BCUT2D eigenvalue weighted by Crippen LogP contribution is 2.37. The molecule has 1 aliphatic rings. The molecule has 0 spiro atoms. The molecule has 2 atom stereocenters. The number of likely N-dealkylation sites (N-methyl/N-ethyl adjacent to an activating group) is 1. The predicted octanol–water partition coefficient (Wildman–Crippen LogP) is 3.74. The van der Waals surface area contributed by atoms with E-state index in [-0.39, 0.29) is 17.4 Å². The Hall–Kier alpha value is -0.930. The number of benzene rings is 1. The van der Waals surface area contributed by atoms with E-state index < -0.39 is 0 Å². The van der Waals surface area contributed by atoms with Gasteiger partial charge >= 0.3 is 0 Å². The number of likely N-dealkylation sites (tertiary alicyclic amines) is 1. The Labute approximate surface area is 122 Å². The maximum Gasteiger partial charge on any atom is 0.128 e. The largest absolute Gasteiger partial charge is 0.309 e. The van der Waals surface area contributed by atoms with E-state index in [1.165, 1.54) is 12.8 Å². The molecule has 2 unspecified atom stereocenters. The zero-order valence-corrected chi connectivity index (χ0v) is 13.0. The van der Waals surface area contributed by atoms with Crippen LogP contribution in [0.5, 0.6) is 0 Å². The lowest BCUT2D eigenvalue weighted by Gasteiger charge is -2.45. The molecule has 0 aromatic heterocycles. The maximum absolute atomic E-state index is 14.3. The predicted molar refractivity (Wildman–Crippen MR) is 82.3 cm³/mol. The smallest absolute Gasteiger partial charge is 0.128 e. The number of halogens is 1. The number of hydrogen-bond acceptors (Lipinski definition) is 2. The van der Waals surface area contributed by atoms with Crippen molar-refractivity contribution in [3.05, 3.63) is 35.6 Å². The van der Waals surface area contributed by atoms with Crippen molar-refractivity contribution in [3.63, 3.8) is 0 Å². The second-order valence-electron chi connectivity index (χ2n) is 5.92. The van der Waals surface area contributed by atoms with Gasteiger partial charge in [-0.25, -0.2) is 4.39 Å². The molecule has 112 valence electrons. The van der Waals surface area contributed by atoms with Crippen LogP contribution in [0.3, 0.4) is 0 Å². The molecule has 0 amide bonds. The highest BCUT2D eigenvalue weighted by Gasteiger charge is 2.40. The fraction of sp³-hybridized carbons (Fsp3) is 0.647. The summed E-state index contributed by atoms with van der Waals surface area (Å²) < 4.78 is 14.3. The van der Waals surface area contributed by atoms with E-state index in [1.807, 2.05) is 12.1 Å². The first-order valence-electron chi connectivity index (χ1n) is 7.86. The molecule has 20 heavy (non-hydrogen) atoms. The van der Waals surface area contributed by atoms with Crippen molar-refractivity contribution < 1.29 is 4.39 Å². The first-order chi connectivity index (χ1) is 9.63. The van der Waals surface area contributed by atoms with E-state index in [1.54, 1.807) is 12.1 Å². The second-order valence-corrected chi connectivity index (χ2v) is 5.92. The summed E-state index contributed by atoms with van der Waals surface area (Å²) in [6, 6.07) is 7.23. The van der Waals surface area contributed by atoms with Gasteiger partial charge in [0.2, 0.25) is 0 Å². The fourth-order valence-electron chi connectivity index (χ4n) is 3.42. The zero-order chi connectivity index (χ0) is 14.6. The van der Waals surface area contributed by atoms with Crippen LogP contribution in [0.4, 0.5) is 4.39 Å². The molecule has 1 aromatic rings. The monoisotopic (exact) mass is 278 g/mol. The maximum atomic E-state index is 14.3. The first-order valence-corrected chi connectivity index (χ1v) is 7.86. The number of rotatable bonds is 6. The fourth-order valence-corrected chi connectivity index (χ4v) is 3.42. The molecule has 0 bridgehead atoms. The average molecular weight is 278 g/mol. The van der Waals surface area contributed by atoms with Gasteiger partial charge in [0.05, 0.1) is 6.04 Å². The van der Waals surface area contributed by atoms with Crippen LogP contribution in [0, 0.1) is 5.82 Å². The van der Waals surface area contributed by atoms with Gasteiger partial charge in [0.25, 0.3) is 0 Å². The molecule has 1 aliphatic heterocycles. The molecule has 1 saturated heterocycles. The van der Waals surface area contributed by atoms with Gasteiger partial charge in [0.15, 0.2) is 0 Å². The second kappa shape index (κ2) is 6.68. The van der Waals surface area contributed by atoms with Gasteiger partial charge in [-0.1, -0.05) is 32.0 Å². The van der Waals surface area contributed by atoms with Crippen molar-refractivity contribution in [2.45, 2.75) is 51.6 Å². The van der Waals surface area contributed by atoms with Gasteiger partial charge in [0, 0.05) is 11.1 Å². The lowest BCUT2D eigenvalue weighted by Crippen LogP contribution is -2.53. The molecular formula is C17H27FN2. The van der Waals surface area contributed by atoms with Gasteiger partial charge in [-0.15, -0.1) is 0 Å². The third kappa shape index (κ3) is 2.89. The summed E-state index contributed by atoms with van der Waals surface area (Å²) in [6.07, 6.45) is 3.52. The lowest BCUT2D eigenvalue weighted by molar-refractivity contribution is 0.0831. The summed E-state index contributed by atoms with van der Waals surface area (Å²) >= 11 is 0. The van der Waals surface area contributed by atoms with E-state index in [0.717, 1.165) is 31.6 Å². The van der Waals surface area contributed by atoms with Crippen molar-refractivity contribution in [1.29, 1.82) is 0 Å². The van der Waals surface area contributed by atoms with Gasteiger partial charge in [-0.05, 0) is 51.9 Å². The Morgan fingerprint density at radius 2 is 1.90 bits per heavy atom. The third-order valence-electron chi connectivity index (χ3n) is 4.79. The SMILES string of the molecule is CCNC(c1ccccc1F)C(C)(CC)N1CCCC1. The minimum atomic E-state index is -0.0997. The summed E-state index contributed by atoms with van der Waals surface area (Å²) in [5, 5.41) is 3.53. The van der Waals surface area contributed by atoms with Crippen LogP contribution < -0.4 is 5.32 Å². The minimum absolute atomic E-state index is 0.0330. The normalized spacial score (nSPS) is 20.8. The molecule has 1 aromatic carbocycles. The standard InChI is InChI=1S/C17H27FN2/c1-4-17(3,20-12-8-9-13-20)16(19-5-2)14-10-6-7-11-15(14)18/h6-7,10-11,16,19H,4-5,8-9,12-13H2,1-3H3. The van der Waals surface area contributed by atoms with Crippen molar-refractivity contribution in [2.75, 3.05) is 19.6 Å². The van der Waals surface area contributed by atoms with Crippen LogP contribution in [0.2, 0.25) is 0 Å². The van der Waals surface area contributed by atoms with Crippen molar-refractivity contribution >= 4 is 0 Å². The molecule has 1 heterocycles. The molecule has 2 rings (SSSR count). The molecule has 0 saturated carbocycles. The molecular weight excluding hydrogens is 251 g/mol. The van der Waals surface area contributed by atoms with E-state index in [9.17, 15) is 4.39 Å².